The number of nitrogens with one attached hydrogen (secondary N) is 1. The average Bonchev–Trinajstić information content (AvgIpc) is 2.37. The highest BCUT2D eigenvalue weighted by atomic mass is 19.1. The first-order chi connectivity index (χ1) is 8.85. The molecular formula is C16H23FN2. The third kappa shape index (κ3) is 5.00. The van der Waals surface area contributed by atoms with Gasteiger partial charge in [-0.3, -0.25) is 0 Å². The van der Waals surface area contributed by atoms with E-state index < -0.39 is 0 Å². The molecule has 0 aromatic heterocycles. The Bertz CT molecular complexity index is 460. The maximum absolute atomic E-state index is 13.5. The Kier molecular flexibility index (Phi) is 5.50. The Balaban J connectivity index is 2.41. The summed E-state index contributed by atoms with van der Waals surface area (Å²) in [6.45, 7) is 8.53. The highest BCUT2D eigenvalue weighted by molar-refractivity contribution is 5.25. The van der Waals surface area contributed by atoms with Crippen LogP contribution in [-0.2, 0) is 0 Å². The van der Waals surface area contributed by atoms with Gasteiger partial charge >= 0.3 is 0 Å². The fourth-order valence-corrected chi connectivity index (χ4v) is 1.90. The summed E-state index contributed by atoms with van der Waals surface area (Å²) < 4.78 is 13.5. The standard InChI is InChI=1S/C16H23FN2/c1-12-6-7-14(10-15(12)17)13(2)19-9-5-8-16(3,4)11-18/h6-7,10,13,19H,5,8-9H2,1-4H3. The Labute approximate surface area is 115 Å². The average molecular weight is 262 g/mol. The van der Waals surface area contributed by atoms with Crippen molar-refractivity contribution >= 4 is 0 Å². The molecule has 104 valence electrons. The molecule has 0 bridgehead atoms. The number of aryl methyl sites for hydroxylation is 1. The number of nitriles is 1. The minimum atomic E-state index is -0.263. The van der Waals surface area contributed by atoms with Gasteiger partial charge in [-0.2, -0.15) is 5.26 Å². The Hall–Kier alpha value is -1.40. The first-order valence-corrected chi connectivity index (χ1v) is 6.76. The van der Waals surface area contributed by atoms with Crippen LogP contribution in [0.1, 0.15) is 50.8 Å². The highest BCUT2D eigenvalue weighted by Crippen LogP contribution is 2.21. The van der Waals surface area contributed by atoms with E-state index >= 15 is 0 Å². The van der Waals surface area contributed by atoms with Crippen LogP contribution in [0, 0.1) is 29.5 Å². The maximum Gasteiger partial charge on any atom is 0.126 e. The molecule has 0 radical (unpaired) electrons. The molecule has 1 N–H and O–H groups in total. The van der Waals surface area contributed by atoms with Crippen LogP contribution in [0.5, 0.6) is 0 Å². The van der Waals surface area contributed by atoms with Gasteiger partial charge in [0, 0.05) is 6.04 Å². The predicted octanol–water partition coefficient (Wildman–Crippen LogP) is 4.11. The number of rotatable bonds is 6. The van der Waals surface area contributed by atoms with Crippen LogP contribution in [0.25, 0.3) is 0 Å². The summed E-state index contributed by atoms with van der Waals surface area (Å²) >= 11 is 0. The van der Waals surface area contributed by atoms with Crippen molar-refractivity contribution in [3.8, 4) is 6.07 Å². The van der Waals surface area contributed by atoms with Gasteiger partial charge in [-0.05, 0) is 64.3 Å². The topological polar surface area (TPSA) is 35.8 Å². The van der Waals surface area contributed by atoms with Crippen molar-refractivity contribution in [1.29, 1.82) is 5.26 Å². The Morgan fingerprint density at radius 3 is 2.68 bits per heavy atom. The third-order valence-electron chi connectivity index (χ3n) is 3.43. The summed E-state index contributed by atoms with van der Waals surface area (Å²) in [5, 5.41) is 12.3. The molecule has 1 rings (SSSR count). The number of hydrogen-bond donors (Lipinski definition) is 1. The van der Waals surface area contributed by atoms with Crippen LogP contribution >= 0.6 is 0 Å². The van der Waals surface area contributed by atoms with Crippen LogP contribution in [0.15, 0.2) is 18.2 Å². The summed E-state index contributed by atoms with van der Waals surface area (Å²) in [7, 11) is 0. The van der Waals surface area contributed by atoms with Crippen molar-refractivity contribution in [1.82, 2.24) is 5.32 Å². The molecule has 0 fully saturated rings. The molecule has 1 aromatic carbocycles. The first-order valence-electron chi connectivity index (χ1n) is 6.76. The van der Waals surface area contributed by atoms with Crippen molar-refractivity contribution in [2.45, 2.75) is 46.6 Å². The molecule has 0 heterocycles. The van der Waals surface area contributed by atoms with Crippen molar-refractivity contribution in [2.24, 2.45) is 5.41 Å². The summed E-state index contributed by atoms with van der Waals surface area (Å²) in [4.78, 5) is 0. The van der Waals surface area contributed by atoms with Crippen LogP contribution in [-0.4, -0.2) is 6.54 Å². The molecule has 19 heavy (non-hydrogen) atoms. The fraction of sp³-hybridized carbons (Fsp3) is 0.562. The molecule has 0 saturated carbocycles. The lowest BCUT2D eigenvalue weighted by molar-refractivity contribution is 0.417. The van der Waals surface area contributed by atoms with Gasteiger partial charge in [-0.25, -0.2) is 4.39 Å². The largest absolute Gasteiger partial charge is 0.310 e. The fourth-order valence-electron chi connectivity index (χ4n) is 1.90. The lowest BCUT2D eigenvalue weighted by Crippen LogP contribution is -2.21. The minimum Gasteiger partial charge on any atom is -0.310 e. The maximum atomic E-state index is 13.5. The molecule has 1 unspecified atom stereocenters. The van der Waals surface area contributed by atoms with Crippen molar-refractivity contribution in [3.05, 3.63) is 35.1 Å². The Morgan fingerprint density at radius 2 is 2.11 bits per heavy atom. The number of benzene rings is 1. The zero-order valence-corrected chi connectivity index (χ0v) is 12.3. The summed E-state index contributed by atoms with van der Waals surface area (Å²) in [6, 6.07) is 7.77. The summed E-state index contributed by atoms with van der Waals surface area (Å²) in [6.07, 6.45) is 1.81. The molecule has 2 nitrogen and oxygen atoms in total. The Morgan fingerprint density at radius 1 is 1.42 bits per heavy atom. The lowest BCUT2D eigenvalue weighted by atomic mass is 9.90. The van der Waals surface area contributed by atoms with Crippen LogP contribution in [0.2, 0.25) is 0 Å². The quantitative estimate of drug-likeness (QED) is 0.783. The van der Waals surface area contributed by atoms with Crippen LogP contribution < -0.4 is 5.32 Å². The van der Waals surface area contributed by atoms with Crippen LogP contribution in [0.4, 0.5) is 4.39 Å². The van der Waals surface area contributed by atoms with Crippen molar-refractivity contribution in [3.63, 3.8) is 0 Å². The lowest BCUT2D eigenvalue weighted by Gasteiger charge is -2.18. The molecule has 0 aliphatic rings. The van der Waals surface area contributed by atoms with E-state index in [0.29, 0.717) is 5.56 Å². The van der Waals surface area contributed by atoms with Gasteiger partial charge in [-0.15, -0.1) is 0 Å². The van der Waals surface area contributed by atoms with Gasteiger partial charge in [0.1, 0.15) is 5.82 Å². The van der Waals surface area contributed by atoms with E-state index in [-0.39, 0.29) is 17.3 Å². The minimum absolute atomic E-state index is 0.125. The first kappa shape index (κ1) is 15.7. The number of halogens is 1. The van der Waals surface area contributed by atoms with E-state index in [9.17, 15) is 4.39 Å². The second-order valence-electron chi connectivity index (χ2n) is 5.78. The normalized spacial score (nSPS) is 13.1. The van der Waals surface area contributed by atoms with Gasteiger partial charge < -0.3 is 5.32 Å². The molecule has 0 amide bonds. The highest BCUT2D eigenvalue weighted by Gasteiger charge is 2.15. The molecule has 1 atom stereocenters. The van der Waals surface area contributed by atoms with Crippen molar-refractivity contribution < 1.29 is 4.39 Å². The van der Waals surface area contributed by atoms with E-state index in [1.807, 2.05) is 32.9 Å². The number of nitrogens with zero attached hydrogens (tertiary/aromatic N) is 1. The second kappa shape index (κ2) is 6.68. The molecule has 1 aromatic rings. The summed E-state index contributed by atoms with van der Waals surface area (Å²) in [5.41, 5.74) is 1.37. The molecule has 0 spiro atoms. The van der Waals surface area contributed by atoms with E-state index in [2.05, 4.69) is 11.4 Å². The molecular weight excluding hydrogens is 239 g/mol. The molecule has 0 saturated heterocycles. The van der Waals surface area contributed by atoms with Crippen LogP contribution in [0.3, 0.4) is 0 Å². The van der Waals surface area contributed by atoms with E-state index in [1.165, 1.54) is 0 Å². The third-order valence-corrected chi connectivity index (χ3v) is 3.43. The van der Waals surface area contributed by atoms with E-state index in [1.54, 1.807) is 13.0 Å². The van der Waals surface area contributed by atoms with Gasteiger partial charge in [0.15, 0.2) is 0 Å². The SMILES string of the molecule is Cc1ccc(C(C)NCCCC(C)(C)C#N)cc1F. The molecule has 0 aliphatic carbocycles. The number of hydrogen-bond acceptors (Lipinski definition) is 2. The molecule has 3 heteroatoms. The smallest absolute Gasteiger partial charge is 0.126 e. The second-order valence-corrected chi connectivity index (χ2v) is 5.78. The van der Waals surface area contributed by atoms with Gasteiger partial charge in [0.2, 0.25) is 0 Å². The van der Waals surface area contributed by atoms with E-state index in [0.717, 1.165) is 24.9 Å². The summed E-state index contributed by atoms with van der Waals surface area (Å²) in [5.74, 6) is -0.156. The zero-order chi connectivity index (χ0) is 14.5. The van der Waals surface area contributed by atoms with Gasteiger partial charge in [0.05, 0.1) is 11.5 Å². The molecule has 0 aliphatic heterocycles. The van der Waals surface area contributed by atoms with E-state index in [4.69, 9.17) is 5.26 Å². The predicted molar refractivity (Wildman–Crippen MR) is 76.2 cm³/mol. The van der Waals surface area contributed by atoms with Gasteiger partial charge in [-0.1, -0.05) is 12.1 Å². The van der Waals surface area contributed by atoms with Crippen molar-refractivity contribution in [2.75, 3.05) is 6.54 Å². The zero-order valence-electron chi connectivity index (χ0n) is 12.3. The monoisotopic (exact) mass is 262 g/mol. The van der Waals surface area contributed by atoms with Gasteiger partial charge in [0.25, 0.3) is 0 Å².